The lowest BCUT2D eigenvalue weighted by molar-refractivity contribution is 0.0889. The van der Waals surface area contributed by atoms with Crippen molar-refractivity contribution in [3.63, 3.8) is 0 Å². The van der Waals surface area contributed by atoms with Crippen molar-refractivity contribution in [1.82, 2.24) is 0 Å². The first kappa shape index (κ1) is 16.8. The zero-order valence-corrected chi connectivity index (χ0v) is 14.0. The van der Waals surface area contributed by atoms with Crippen LogP contribution in [-0.2, 0) is 0 Å². The van der Waals surface area contributed by atoms with Gasteiger partial charge in [-0.25, -0.2) is 0 Å². The van der Waals surface area contributed by atoms with E-state index in [0.717, 1.165) is 6.07 Å². The SMILES string of the molecule is COc1ccc(C2COc3cc(O)cc(O)c3C2=O)c(OC)c1OC. The Morgan fingerprint density at radius 1 is 1.04 bits per heavy atom. The molecule has 0 spiro atoms. The molecule has 7 nitrogen and oxygen atoms in total. The molecule has 1 atom stereocenters. The van der Waals surface area contributed by atoms with Gasteiger partial charge in [0.25, 0.3) is 0 Å². The maximum absolute atomic E-state index is 12.9. The maximum Gasteiger partial charge on any atom is 0.203 e. The summed E-state index contributed by atoms with van der Waals surface area (Å²) in [4.78, 5) is 12.9. The van der Waals surface area contributed by atoms with Crippen LogP contribution in [0.5, 0.6) is 34.5 Å². The van der Waals surface area contributed by atoms with Gasteiger partial charge in [0, 0.05) is 17.7 Å². The summed E-state index contributed by atoms with van der Waals surface area (Å²) in [6.07, 6.45) is 0. The summed E-state index contributed by atoms with van der Waals surface area (Å²) >= 11 is 0. The maximum atomic E-state index is 12.9. The molecule has 0 aromatic heterocycles. The van der Waals surface area contributed by atoms with Crippen molar-refractivity contribution in [2.24, 2.45) is 0 Å². The topological polar surface area (TPSA) is 94.5 Å². The molecule has 1 aliphatic rings. The van der Waals surface area contributed by atoms with E-state index >= 15 is 0 Å². The zero-order chi connectivity index (χ0) is 18.1. The van der Waals surface area contributed by atoms with E-state index in [1.54, 1.807) is 12.1 Å². The molecule has 3 rings (SSSR count). The Balaban J connectivity index is 2.11. The number of methoxy groups -OCH3 is 3. The van der Waals surface area contributed by atoms with Gasteiger partial charge in [0.05, 0.1) is 27.2 Å². The van der Waals surface area contributed by atoms with E-state index < -0.39 is 5.92 Å². The average molecular weight is 346 g/mol. The molecular weight excluding hydrogens is 328 g/mol. The van der Waals surface area contributed by atoms with Crippen LogP contribution in [0.2, 0.25) is 0 Å². The first-order valence-electron chi connectivity index (χ1n) is 7.53. The van der Waals surface area contributed by atoms with E-state index in [1.165, 1.54) is 27.4 Å². The van der Waals surface area contributed by atoms with E-state index in [0.29, 0.717) is 22.8 Å². The zero-order valence-electron chi connectivity index (χ0n) is 14.0. The average Bonchev–Trinajstić information content (AvgIpc) is 2.60. The number of aromatic hydroxyl groups is 2. The van der Waals surface area contributed by atoms with Crippen LogP contribution < -0.4 is 18.9 Å². The first-order valence-corrected chi connectivity index (χ1v) is 7.53. The van der Waals surface area contributed by atoms with E-state index in [-0.39, 0.29) is 35.2 Å². The Morgan fingerprint density at radius 3 is 2.40 bits per heavy atom. The molecule has 7 heteroatoms. The monoisotopic (exact) mass is 346 g/mol. The Hall–Kier alpha value is -3.09. The van der Waals surface area contributed by atoms with Crippen LogP contribution in [0, 0.1) is 0 Å². The van der Waals surface area contributed by atoms with Crippen LogP contribution in [0.25, 0.3) is 0 Å². The lowest BCUT2D eigenvalue weighted by Crippen LogP contribution is -2.26. The minimum absolute atomic E-state index is 0.0332. The van der Waals surface area contributed by atoms with Crippen molar-refractivity contribution in [2.75, 3.05) is 27.9 Å². The first-order chi connectivity index (χ1) is 12.0. The predicted molar refractivity (Wildman–Crippen MR) is 88.4 cm³/mol. The van der Waals surface area contributed by atoms with Gasteiger partial charge in [-0.15, -0.1) is 0 Å². The second kappa shape index (κ2) is 6.43. The number of benzene rings is 2. The van der Waals surface area contributed by atoms with Gasteiger partial charge in [0.2, 0.25) is 5.75 Å². The molecule has 0 saturated heterocycles. The highest BCUT2D eigenvalue weighted by molar-refractivity contribution is 6.07. The molecule has 25 heavy (non-hydrogen) atoms. The van der Waals surface area contributed by atoms with Crippen molar-refractivity contribution < 1.29 is 34.0 Å². The van der Waals surface area contributed by atoms with E-state index in [9.17, 15) is 15.0 Å². The van der Waals surface area contributed by atoms with E-state index in [4.69, 9.17) is 18.9 Å². The number of fused-ring (bicyclic) bond motifs is 1. The molecule has 1 unspecified atom stereocenters. The smallest absolute Gasteiger partial charge is 0.203 e. The minimum atomic E-state index is -0.697. The highest BCUT2D eigenvalue weighted by Crippen LogP contribution is 2.46. The third-order valence-corrected chi connectivity index (χ3v) is 4.14. The van der Waals surface area contributed by atoms with Gasteiger partial charge >= 0.3 is 0 Å². The van der Waals surface area contributed by atoms with Gasteiger partial charge in [-0.1, -0.05) is 6.07 Å². The summed E-state index contributed by atoms with van der Waals surface area (Å²) in [5, 5.41) is 19.6. The summed E-state index contributed by atoms with van der Waals surface area (Å²) in [6.45, 7) is 0.0422. The molecule has 2 N–H and O–H groups in total. The van der Waals surface area contributed by atoms with Crippen molar-refractivity contribution >= 4 is 5.78 Å². The van der Waals surface area contributed by atoms with Crippen LogP contribution >= 0.6 is 0 Å². The van der Waals surface area contributed by atoms with Gasteiger partial charge in [-0.3, -0.25) is 4.79 Å². The van der Waals surface area contributed by atoms with Crippen LogP contribution in [-0.4, -0.2) is 43.9 Å². The van der Waals surface area contributed by atoms with Gasteiger partial charge < -0.3 is 29.2 Å². The van der Waals surface area contributed by atoms with Crippen LogP contribution in [0.3, 0.4) is 0 Å². The number of carbonyl (C=O) groups is 1. The molecule has 0 fully saturated rings. The fraction of sp³-hybridized carbons (Fsp3) is 0.278. The molecule has 0 aliphatic carbocycles. The van der Waals surface area contributed by atoms with Crippen molar-refractivity contribution in [2.45, 2.75) is 5.92 Å². The largest absolute Gasteiger partial charge is 0.508 e. The van der Waals surface area contributed by atoms with Crippen LogP contribution in [0.4, 0.5) is 0 Å². The number of rotatable bonds is 4. The van der Waals surface area contributed by atoms with E-state index in [1.807, 2.05) is 0 Å². The summed E-state index contributed by atoms with van der Waals surface area (Å²) in [5.41, 5.74) is 0.592. The number of carbonyl (C=O) groups excluding carboxylic acids is 1. The molecule has 1 aliphatic heterocycles. The summed E-state index contributed by atoms with van der Waals surface area (Å²) < 4.78 is 21.6. The number of phenolic OH excluding ortho intramolecular Hbond substituents is 2. The van der Waals surface area contributed by atoms with Gasteiger partial charge in [0.15, 0.2) is 17.3 Å². The van der Waals surface area contributed by atoms with Crippen molar-refractivity contribution in [1.29, 1.82) is 0 Å². The van der Waals surface area contributed by atoms with Crippen LogP contribution in [0.1, 0.15) is 21.8 Å². The minimum Gasteiger partial charge on any atom is -0.508 e. The van der Waals surface area contributed by atoms with Crippen molar-refractivity contribution in [3.8, 4) is 34.5 Å². The molecule has 1 heterocycles. The number of phenols is 2. The quantitative estimate of drug-likeness (QED) is 0.878. The fourth-order valence-electron chi connectivity index (χ4n) is 3.00. The third kappa shape index (κ3) is 2.67. The standard InChI is InChI=1S/C18H18O7/c1-22-13-5-4-10(17(23-2)18(13)24-3)11-8-25-14-7-9(19)6-12(20)15(14)16(11)21/h4-7,11,19-20H,8H2,1-3H3. The Bertz CT molecular complexity index is 829. The number of hydrogen-bond acceptors (Lipinski definition) is 7. The predicted octanol–water partition coefficient (Wildman–Crippen LogP) is 2.48. The number of Topliss-reactive ketones (excluding diaryl/α,β-unsaturated/α-hetero) is 1. The molecule has 0 saturated carbocycles. The number of ether oxygens (including phenoxy) is 4. The van der Waals surface area contributed by atoms with Gasteiger partial charge in [-0.2, -0.15) is 0 Å². The second-order valence-electron chi connectivity index (χ2n) is 5.49. The lowest BCUT2D eigenvalue weighted by atomic mass is 9.87. The molecular formula is C18H18O7. The highest BCUT2D eigenvalue weighted by Gasteiger charge is 2.36. The Morgan fingerprint density at radius 2 is 1.76 bits per heavy atom. The molecule has 0 bridgehead atoms. The Labute approximate surface area is 144 Å². The van der Waals surface area contributed by atoms with Gasteiger partial charge in [-0.05, 0) is 6.07 Å². The summed E-state index contributed by atoms with van der Waals surface area (Å²) in [7, 11) is 4.46. The van der Waals surface area contributed by atoms with Crippen molar-refractivity contribution in [3.05, 3.63) is 35.4 Å². The number of hydrogen-bond donors (Lipinski definition) is 2. The Kier molecular flexibility index (Phi) is 4.31. The normalized spacial score (nSPS) is 16.0. The van der Waals surface area contributed by atoms with Crippen LogP contribution in [0.15, 0.2) is 24.3 Å². The third-order valence-electron chi connectivity index (χ3n) is 4.14. The van der Waals surface area contributed by atoms with Gasteiger partial charge in [0.1, 0.15) is 29.4 Å². The summed E-state index contributed by atoms with van der Waals surface area (Å²) in [6, 6.07) is 5.79. The summed E-state index contributed by atoms with van der Waals surface area (Å²) in [5.74, 6) is -0.169. The molecule has 0 radical (unpaired) electrons. The second-order valence-corrected chi connectivity index (χ2v) is 5.49. The molecule has 132 valence electrons. The number of ketones is 1. The highest BCUT2D eigenvalue weighted by atomic mass is 16.5. The lowest BCUT2D eigenvalue weighted by Gasteiger charge is -2.27. The molecule has 2 aromatic carbocycles. The van der Waals surface area contributed by atoms with E-state index in [2.05, 4.69) is 0 Å². The molecule has 2 aromatic rings. The molecule has 0 amide bonds. The fourth-order valence-corrected chi connectivity index (χ4v) is 3.00.